The van der Waals surface area contributed by atoms with Gasteiger partial charge in [0.2, 0.25) is 5.75 Å². The first-order valence-electron chi connectivity index (χ1n) is 14.6. The van der Waals surface area contributed by atoms with Crippen LogP contribution in [0.1, 0.15) is 61.1 Å². The summed E-state index contributed by atoms with van der Waals surface area (Å²) < 4.78 is 11.3. The zero-order chi connectivity index (χ0) is 29.9. The molecule has 42 heavy (non-hydrogen) atoms. The Bertz CT molecular complexity index is 1300. The summed E-state index contributed by atoms with van der Waals surface area (Å²) in [4.78, 5) is 12.8. The number of benzene rings is 3. The fourth-order valence-corrected chi connectivity index (χ4v) is 5.42. The highest BCUT2D eigenvalue weighted by molar-refractivity contribution is 5.79. The molecule has 4 rings (SSSR count). The molecule has 0 saturated carbocycles. The zero-order valence-electron chi connectivity index (χ0n) is 23.9. The lowest BCUT2D eigenvalue weighted by atomic mass is 9.86. The molecule has 1 aliphatic heterocycles. The van der Waals surface area contributed by atoms with Crippen LogP contribution in [0.25, 0.3) is 0 Å². The number of aryl methyl sites for hydroxylation is 2. The monoisotopic (exact) mass is 578 g/mol. The minimum atomic E-state index is -0.890. The fraction of sp³-hybridized carbons (Fsp3) is 0.424. The first-order chi connectivity index (χ1) is 20.3. The van der Waals surface area contributed by atoms with Crippen molar-refractivity contribution < 1.29 is 34.7 Å². The average Bonchev–Trinajstić information content (AvgIpc) is 2.99. The number of ether oxygens (including phenoxy) is 2. The Morgan fingerprint density at radius 1 is 0.929 bits per heavy atom. The molecule has 9 nitrogen and oxygen atoms in total. The summed E-state index contributed by atoms with van der Waals surface area (Å²) >= 11 is 0. The van der Waals surface area contributed by atoms with Crippen molar-refractivity contribution in [2.45, 2.75) is 69.5 Å². The average molecular weight is 579 g/mol. The van der Waals surface area contributed by atoms with Gasteiger partial charge in [0.15, 0.2) is 23.0 Å². The Hall–Kier alpha value is -3.79. The van der Waals surface area contributed by atoms with Gasteiger partial charge in [-0.15, -0.1) is 0 Å². The van der Waals surface area contributed by atoms with Gasteiger partial charge >= 0.3 is 0 Å². The van der Waals surface area contributed by atoms with E-state index < -0.39 is 6.10 Å². The number of aliphatic hydroxyl groups is 1. The molecular weight excluding hydrogens is 536 g/mol. The molecule has 3 aromatic carbocycles. The number of aliphatic hydroxyl groups excluding tert-OH is 1. The number of phenolic OH excluding ortho intramolecular Hbond substituents is 3. The van der Waals surface area contributed by atoms with Gasteiger partial charge in [0.05, 0.1) is 6.10 Å². The SMILES string of the molecule is NCOc1cc(CCC(=O)C[C@H](O)C[C@H](CCc2ccccc2)c2cc(O)c(O)c(OC3CCNCC3)c2)ccc1O. The standard InChI is InChI=1S/C33H42N2O7/c34-21-41-31-16-23(8-11-29(31)38)7-10-26(36)20-27(37)17-24(9-6-22-4-2-1-3-5-22)25-18-30(39)33(40)32(19-25)42-28-12-14-35-15-13-28/h1-5,8,11,16,18-19,24,27-28,35,37-40H,6-7,9-10,12-15,17,20-21,34H2/t24-,27+/m0/s1. The van der Waals surface area contributed by atoms with Gasteiger partial charge < -0.3 is 35.2 Å². The molecule has 0 spiro atoms. The quantitative estimate of drug-likeness (QED) is 0.114. The molecule has 7 N–H and O–H groups in total. The van der Waals surface area contributed by atoms with Crippen LogP contribution in [0.4, 0.5) is 0 Å². The highest BCUT2D eigenvalue weighted by Crippen LogP contribution is 2.41. The van der Waals surface area contributed by atoms with Crippen LogP contribution in [0.2, 0.25) is 0 Å². The number of nitrogens with two attached hydrogens (primary N) is 1. The van der Waals surface area contributed by atoms with Crippen LogP contribution in [-0.4, -0.2) is 58.2 Å². The van der Waals surface area contributed by atoms with Crippen molar-refractivity contribution in [2.75, 3.05) is 19.8 Å². The summed E-state index contributed by atoms with van der Waals surface area (Å²) in [5, 5.41) is 45.3. The van der Waals surface area contributed by atoms with Gasteiger partial charge in [0, 0.05) is 12.8 Å². The maximum absolute atomic E-state index is 12.8. The van der Waals surface area contributed by atoms with Crippen molar-refractivity contribution in [3.05, 3.63) is 77.4 Å². The minimum absolute atomic E-state index is 0.00538. The molecule has 1 saturated heterocycles. The van der Waals surface area contributed by atoms with Crippen molar-refractivity contribution in [2.24, 2.45) is 5.73 Å². The van der Waals surface area contributed by atoms with E-state index in [9.17, 15) is 25.2 Å². The van der Waals surface area contributed by atoms with E-state index in [0.717, 1.165) is 49.0 Å². The maximum Gasteiger partial charge on any atom is 0.200 e. The van der Waals surface area contributed by atoms with E-state index in [4.69, 9.17) is 15.2 Å². The summed E-state index contributed by atoms with van der Waals surface area (Å²) in [7, 11) is 0. The molecule has 1 aliphatic rings. The molecule has 0 amide bonds. The second kappa shape index (κ2) is 15.4. The van der Waals surface area contributed by atoms with E-state index in [1.807, 2.05) is 30.3 Å². The van der Waals surface area contributed by atoms with Crippen molar-refractivity contribution >= 4 is 5.78 Å². The molecule has 226 valence electrons. The summed E-state index contributed by atoms with van der Waals surface area (Å²) in [5.41, 5.74) is 8.12. The molecule has 9 heteroatoms. The molecule has 0 bridgehead atoms. The number of hydrogen-bond donors (Lipinski definition) is 6. The van der Waals surface area contributed by atoms with Crippen LogP contribution in [0.3, 0.4) is 0 Å². The Kier molecular flexibility index (Phi) is 11.5. The van der Waals surface area contributed by atoms with Crippen LogP contribution in [-0.2, 0) is 17.6 Å². The number of hydrogen-bond acceptors (Lipinski definition) is 9. The summed E-state index contributed by atoms with van der Waals surface area (Å²) in [6.07, 6.45) is 3.03. The van der Waals surface area contributed by atoms with E-state index in [2.05, 4.69) is 5.32 Å². The van der Waals surface area contributed by atoms with Gasteiger partial charge in [-0.1, -0.05) is 36.4 Å². The predicted octanol–water partition coefficient (Wildman–Crippen LogP) is 4.29. The van der Waals surface area contributed by atoms with E-state index in [1.54, 1.807) is 18.2 Å². The normalized spacial score (nSPS) is 15.2. The molecule has 0 aliphatic carbocycles. The first-order valence-corrected chi connectivity index (χ1v) is 14.6. The van der Waals surface area contributed by atoms with Gasteiger partial charge in [0.1, 0.15) is 18.6 Å². The minimum Gasteiger partial charge on any atom is -0.504 e. The van der Waals surface area contributed by atoms with Crippen LogP contribution >= 0.6 is 0 Å². The van der Waals surface area contributed by atoms with Crippen LogP contribution in [0, 0.1) is 0 Å². The van der Waals surface area contributed by atoms with Crippen molar-refractivity contribution in [1.82, 2.24) is 5.32 Å². The van der Waals surface area contributed by atoms with E-state index in [-0.39, 0.29) is 66.1 Å². The number of rotatable bonds is 15. The Labute approximate surface area is 246 Å². The van der Waals surface area contributed by atoms with Crippen LogP contribution in [0.15, 0.2) is 60.7 Å². The number of carbonyl (C=O) groups excluding carboxylic acids is 1. The lowest BCUT2D eigenvalue weighted by Crippen LogP contribution is -2.34. The van der Waals surface area contributed by atoms with Crippen molar-refractivity contribution in [3.8, 4) is 28.7 Å². The van der Waals surface area contributed by atoms with Gasteiger partial charge in [-0.2, -0.15) is 0 Å². The van der Waals surface area contributed by atoms with Crippen molar-refractivity contribution in [1.29, 1.82) is 0 Å². The Balaban J connectivity index is 1.43. The molecule has 2 atom stereocenters. The summed E-state index contributed by atoms with van der Waals surface area (Å²) in [6, 6.07) is 18.2. The lowest BCUT2D eigenvalue weighted by Gasteiger charge is -2.26. The molecular formula is C33H42N2O7. The van der Waals surface area contributed by atoms with Crippen LogP contribution < -0.4 is 20.5 Å². The van der Waals surface area contributed by atoms with E-state index in [1.165, 1.54) is 12.1 Å². The topological polar surface area (TPSA) is 154 Å². The second-order valence-electron chi connectivity index (χ2n) is 10.9. The second-order valence-corrected chi connectivity index (χ2v) is 10.9. The number of ketones is 1. The van der Waals surface area contributed by atoms with Crippen LogP contribution in [0.5, 0.6) is 28.7 Å². The lowest BCUT2D eigenvalue weighted by molar-refractivity contribution is -0.121. The Morgan fingerprint density at radius 2 is 1.69 bits per heavy atom. The molecule has 1 fully saturated rings. The predicted molar refractivity (Wildman–Crippen MR) is 160 cm³/mol. The molecule has 0 unspecified atom stereocenters. The van der Waals surface area contributed by atoms with Gasteiger partial charge in [0.25, 0.3) is 0 Å². The highest BCUT2D eigenvalue weighted by Gasteiger charge is 2.24. The molecule has 0 aromatic heterocycles. The van der Waals surface area contributed by atoms with E-state index in [0.29, 0.717) is 19.3 Å². The molecule has 0 radical (unpaired) electrons. The van der Waals surface area contributed by atoms with Gasteiger partial charge in [-0.05, 0) is 98.5 Å². The Morgan fingerprint density at radius 3 is 2.43 bits per heavy atom. The number of piperidine rings is 1. The largest absolute Gasteiger partial charge is 0.504 e. The molecule has 1 heterocycles. The molecule has 3 aromatic rings. The highest BCUT2D eigenvalue weighted by atomic mass is 16.5. The zero-order valence-corrected chi connectivity index (χ0v) is 23.9. The summed E-state index contributed by atoms with van der Waals surface area (Å²) in [6.45, 7) is 1.58. The summed E-state index contributed by atoms with van der Waals surface area (Å²) in [5.74, 6) is -0.340. The number of carbonyl (C=O) groups is 1. The third kappa shape index (κ3) is 9.11. The van der Waals surface area contributed by atoms with Gasteiger partial charge in [-0.25, -0.2) is 0 Å². The third-order valence-corrected chi connectivity index (χ3v) is 7.73. The van der Waals surface area contributed by atoms with Crippen molar-refractivity contribution in [3.63, 3.8) is 0 Å². The first kappa shape index (κ1) is 31.2. The third-order valence-electron chi connectivity index (χ3n) is 7.73. The number of phenols is 3. The smallest absolute Gasteiger partial charge is 0.200 e. The van der Waals surface area contributed by atoms with E-state index >= 15 is 0 Å². The maximum atomic E-state index is 12.8. The number of nitrogens with one attached hydrogen (secondary N) is 1. The number of Topliss-reactive ketones (excluding diaryl/α,β-unsaturated/α-hetero) is 1. The number of aromatic hydroxyl groups is 3. The van der Waals surface area contributed by atoms with Gasteiger partial charge in [-0.3, -0.25) is 10.5 Å². The fourth-order valence-electron chi connectivity index (χ4n) is 5.42.